The van der Waals surface area contributed by atoms with Crippen molar-refractivity contribution in [3.05, 3.63) is 57.9 Å². The summed E-state index contributed by atoms with van der Waals surface area (Å²) in [7, 11) is 0. The van der Waals surface area contributed by atoms with E-state index in [-0.39, 0.29) is 53.9 Å². The number of rotatable bonds is 15. The summed E-state index contributed by atoms with van der Waals surface area (Å²) >= 11 is 0. The van der Waals surface area contributed by atoms with Gasteiger partial charge in [-0.1, -0.05) is 92.2 Å². The Balaban J connectivity index is 0.000000261. The van der Waals surface area contributed by atoms with E-state index in [4.69, 9.17) is 14.2 Å². The van der Waals surface area contributed by atoms with Gasteiger partial charge >= 0.3 is 11.9 Å². The molecule has 5 N–H and O–H groups in total. The molecule has 0 spiro atoms. The van der Waals surface area contributed by atoms with E-state index in [0.717, 1.165) is 79.2 Å². The number of esters is 2. The van der Waals surface area contributed by atoms with Gasteiger partial charge in [0.15, 0.2) is 0 Å². The van der Waals surface area contributed by atoms with Crippen molar-refractivity contribution in [2.75, 3.05) is 0 Å². The van der Waals surface area contributed by atoms with Crippen LogP contribution in [0.1, 0.15) is 152 Å². The van der Waals surface area contributed by atoms with Crippen molar-refractivity contribution < 1.29 is 49.3 Å². The zero-order valence-corrected chi connectivity index (χ0v) is 37.6. The zero-order valence-electron chi connectivity index (χ0n) is 37.6. The van der Waals surface area contributed by atoms with Crippen LogP contribution in [-0.4, -0.2) is 86.3 Å². The van der Waals surface area contributed by atoms with Crippen LogP contribution in [-0.2, 0) is 23.8 Å². The maximum atomic E-state index is 12.6. The van der Waals surface area contributed by atoms with Crippen LogP contribution >= 0.6 is 0 Å². The van der Waals surface area contributed by atoms with Crippen molar-refractivity contribution in [2.24, 2.45) is 35.5 Å². The first-order valence-corrected chi connectivity index (χ1v) is 22.9. The summed E-state index contributed by atoms with van der Waals surface area (Å²) < 4.78 is 17.8. The molecule has 0 bridgehead atoms. The van der Waals surface area contributed by atoms with Crippen LogP contribution in [0.5, 0.6) is 0 Å². The molecule has 334 valence electrons. The van der Waals surface area contributed by atoms with Gasteiger partial charge in [-0.25, -0.2) is 0 Å². The molecule has 5 rings (SSSR count). The quantitative estimate of drug-likeness (QED) is 0.102. The Kier molecular flexibility index (Phi) is 18.5. The Bertz CT molecular complexity index is 1570. The molecule has 4 aliphatic carbocycles. The molecule has 59 heavy (non-hydrogen) atoms. The van der Waals surface area contributed by atoms with Crippen LogP contribution in [0.2, 0.25) is 0 Å². The first-order valence-electron chi connectivity index (χ1n) is 22.9. The zero-order chi connectivity index (χ0) is 43.7. The second-order valence-electron chi connectivity index (χ2n) is 18.8. The van der Waals surface area contributed by atoms with E-state index in [2.05, 4.69) is 20.4 Å². The van der Waals surface area contributed by atoms with E-state index in [1.165, 1.54) is 5.57 Å². The topological polar surface area (TPSA) is 163 Å². The van der Waals surface area contributed by atoms with Crippen LogP contribution in [0, 0.1) is 35.5 Å². The van der Waals surface area contributed by atoms with Gasteiger partial charge in [0.1, 0.15) is 18.3 Å². The smallest absolute Gasteiger partial charge is 0.309 e. The largest absolute Gasteiger partial charge is 0.495 e. The van der Waals surface area contributed by atoms with Gasteiger partial charge in [-0.2, -0.15) is 0 Å². The lowest BCUT2D eigenvalue weighted by Gasteiger charge is -2.40. The maximum absolute atomic E-state index is 12.6. The average Bonchev–Trinajstić information content (AvgIpc) is 3.17. The third-order valence-corrected chi connectivity index (χ3v) is 13.6. The van der Waals surface area contributed by atoms with Gasteiger partial charge in [0.25, 0.3) is 0 Å². The summed E-state index contributed by atoms with van der Waals surface area (Å²) in [6.45, 7) is 21.9. The van der Waals surface area contributed by atoms with Crippen molar-refractivity contribution in [3.63, 3.8) is 0 Å². The molecule has 10 nitrogen and oxygen atoms in total. The lowest BCUT2D eigenvalue weighted by Crippen LogP contribution is -2.36. The van der Waals surface area contributed by atoms with E-state index in [9.17, 15) is 35.1 Å². The molecule has 3 fully saturated rings. The van der Waals surface area contributed by atoms with Gasteiger partial charge in [-0.3, -0.25) is 9.59 Å². The highest BCUT2D eigenvalue weighted by Crippen LogP contribution is 2.46. The Morgan fingerprint density at radius 3 is 1.64 bits per heavy atom. The average molecular weight is 827 g/mol. The monoisotopic (exact) mass is 827 g/mol. The van der Waals surface area contributed by atoms with Gasteiger partial charge in [0, 0.05) is 24.7 Å². The van der Waals surface area contributed by atoms with E-state index in [0.29, 0.717) is 56.1 Å². The standard InChI is InChI=1S/C25H38O5.C24H40O5/c1-6-15(3)25(28)30-23-10-14(2)9-18-12-22(27)17(5)21(24(18)23)8-7-20-13-19(26)11-16(4)29-20;1-6-15(4)24(28)29-22-11-14(3)10-17-12-21(27)16(5)20(23(17)22)9-8-19(26)13-18(25)7-2/h12,14-15,17,19-20,22-23,26-27H,4,6-11,13H2,1-3,5H3;12,14-16,18-19,21-22,25-27H,6-11,13H2,1-5H3/t14-,15-,17+,19-,20?,22?,23-;14-,15-,16+,18-,19?,21?,22-/m00/s1. The fourth-order valence-corrected chi connectivity index (χ4v) is 9.44. The summed E-state index contributed by atoms with van der Waals surface area (Å²) in [6, 6.07) is 0. The summed E-state index contributed by atoms with van der Waals surface area (Å²) in [5.41, 5.74) is 6.68. The van der Waals surface area contributed by atoms with Gasteiger partial charge in [0.05, 0.1) is 48.1 Å². The van der Waals surface area contributed by atoms with Gasteiger partial charge < -0.3 is 39.7 Å². The minimum atomic E-state index is -0.583. The van der Waals surface area contributed by atoms with Crippen LogP contribution in [0.4, 0.5) is 0 Å². The summed E-state index contributed by atoms with van der Waals surface area (Å²) in [4.78, 5) is 25.1. The molecule has 1 saturated heterocycles. The van der Waals surface area contributed by atoms with E-state index in [1.807, 2.05) is 60.6 Å². The molecular weight excluding hydrogens is 749 g/mol. The molecule has 2 saturated carbocycles. The molecule has 1 aliphatic heterocycles. The second-order valence-corrected chi connectivity index (χ2v) is 18.8. The number of carbonyl (C=O) groups excluding carboxylic acids is 2. The number of aliphatic hydroxyl groups excluding tert-OH is 5. The minimum absolute atomic E-state index is 0.0290. The number of hydrogen-bond donors (Lipinski definition) is 5. The van der Waals surface area contributed by atoms with Gasteiger partial charge in [-0.05, 0) is 111 Å². The fourth-order valence-electron chi connectivity index (χ4n) is 9.44. The normalized spacial score (nSPS) is 32.8. The second kappa shape index (κ2) is 22.4. The molecule has 0 aromatic rings. The Labute approximate surface area is 354 Å². The molecule has 0 aromatic carbocycles. The SMILES string of the molecule is C=C1C[C@H](O)CC(CCC2=C3C(=CC(O)[C@@H]2C)C[C@H](C)C[C@@H]3OC(=O)[C@@H](C)CC)O1.CC[C@H](O)CC(O)CCC1=C2C(=CC(O)[C@@H]1C)C[C@H](C)C[C@@H]2OC(=O)[C@@H](C)CC. The van der Waals surface area contributed by atoms with Crippen LogP contribution < -0.4 is 0 Å². The van der Waals surface area contributed by atoms with Crippen molar-refractivity contribution in [1.29, 1.82) is 0 Å². The lowest BCUT2D eigenvalue weighted by molar-refractivity contribution is -0.153. The third kappa shape index (κ3) is 13.1. The third-order valence-electron chi connectivity index (χ3n) is 13.6. The maximum Gasteiger partial charge on any atom is 0.309 e. The first kappa shape index (κ1) is 48.9. The molecule has 1 heterocycles. The lowest BCUT2D eigenvalue weighted by atomic mass is 9.70. The Hall–Kier alpha value is -2.76. The molecule has 0 aromatic heterocycles. The Morgan fingerprint density at radius 1 is 0.729 bits per heavy atom. The van der Waals surface area contributed by atoms with Crippen molar-refractivity contribution >= 4 is 11.9 Å². The van der Waals surface area contributed by atoms with Crippen LogP contribution in [0.15, 0.2) is 57.9 Å². The van der Waals surface area contributed by atoms with Crippen molar-refractivity contribution in [2.45, 2.75) is 201 Å². The fraction of sp³-hybridized carbons (Fsp3) is 0.755. The van der Waals surface area contributed by atoms with E-state index < -0.39 is 30.5 Å². The van der Waals surface area contributed by atoms with Crippen molar-refractivity contribution in [1.82, 2.24) is 0 Å². The van der Waals surface area contributed by atoms with E-state index in [1.54, 1.807) is 0 Å². The molecule has 5 aliphatic rings. The first-order chi connectivity index (χ1) is 27.9. The molecule has 10 heteroatoms. The predicted octanol–water partition coefficient (Wildman–Crippen LogP) is 8.35. The number of carbonyl (C=O) groups is 2. The number of aliphatic hydroxyl groups is 5. The number of ether oxygens (including phenoxy) is 3. The van der Waals surface area contributed by atoms with Gasteiger partial charge in [-0.15, -0.1) is 0 Å². The summed E-state index contributed by atoms with van der Waals surface area (Å²) in [6.07, 6.45) is 10.4. The highest BCUT2D eigenvalue weighted by atomic mass is 16.5. The Morgan fingerprint density at radius 2 is 1.20 bits per heavy atom. The summed E-state index contributed by atoms with van der Waals surface area (Å²) in [5, 5.41) is 51.5. The van der Waals surface area contributed by atoms with Gasteiger partial charge in [0.2, 0.25) is 0 Å². The molecule has 14 atom stereocenters. The molecule has 0 radical (unpaired) electrons. The van der Waals surface area contributed by atoms with Crippen LogP contribution in [0.25, 0.3) is 0 Å². The molecule has 0 amide bonds. The number of hydrogen-bond acceptors (Lipinski definition) is 10. The van der Waals surface area contributed by atoms with Crippen molar-refractivity contribution in [3.8, 4) is 0 Å². The minimum Gasteiger partial charge on any atom is -0.495 e. The predicted molar refractivity (Wildman–Crippen MR) is 231 cm³/mol. The summed E-state index contributed by atoms with van der Waals surface area (Å²) in [5.74, 6) is 0.763. The molecular formula is C49H78O10. The van der Waals surface area contributed by atoms with Crippen LogP contribution in [0.3, 0.4) is 0 Å². The van der Waals surface area contributed by atoms with E-state index >= 15 is 0 Å². The number of fused-ring (bicyclic) bond motifs is 2. The highest BCUT2D eigenvalue weighted by molar-refractivity contribution is 5.73. The molecule has 4 unspecified atom stereocenters. The highest BCUT2D eigenvalue weighted by Gasteiger charge is 2.40.